The summed E-state index contributed by atoms with van der Waals surface area (Å²) in [6.45, 7) is 2.38. The summed E-state index contributed by atoms with van der Waals surface area (Å²) in [4.78, 5) is 11.3. The molecule has 0 unspecified atom stereocenters. The molecule has 1 amide bonds. The summed E-state index contributed by atoms with van der Waals surface area (Å²) < 4.78 is 23.7. The summed E-state index contributed by atoms with van der Waals surface area (Å²) in [5.74, 6) is 0.421. The van der Waals surface area contributed by atoms with E-state index in [1.54, 1.807) is 0 Å². The van der Waals surface area contributed by atoms with E-state index in [1.807, 2.05) is 0 Å². The van der Waals surface area contributed by atoms with Crippen molar-refractivity contribution in [3.63, 3.8) is 0 Å². The quantitative estimate of drug-likeness (QED) is 0.477. The summed E-state index contributed by atoms with van der Waals surface area (Å²) in [5, 5.41) is 5.74. The molecular formula is C8H17N3O3S. The van der Waals surface area contributed by atoms with Crippen LogP contribution in [0.15, 0.2) is 0 Å². The highest BCUT2D eigenvalue weighted by atomic mass is 32.2. The van der Waals surface area contributed by atoms with E-state index in [9.17, 15) is 13.2 Å². The predicted octanol–water partition coefficient (Wildman–Crippen LogP) is -1.74. The Morgan fingerprint density at radius 2 is 2.07 bits per heavy atom. The van der Waals surface area contributed by atoms with Gasteiger partial charge in [0, 0.05) is 19.5 Å². The highest BCUT2D eigenvalue weighted by Gasteiger charge is 2.19. The first-order chi connectivity index (χ1) is 6.97. The SMILES string of the molecule is CS(=O)(=O)NCCNC(=O)CC1CNC1. The van der Waals surface area contributed by atoms with E-state index in [2.05, 4.69) is 15.4 Å². The van der Waals surface area contributed by atoms with Crippen molar-refractivity contribution in [1.82, 2.24) is 15.4 Å². The van der Waals surface area contributed by atoms with Gasteiger partial charge in [0.1, 0.15) is 0 Å². The second kappa shape index (κ2) is 5.43. The Morgan fingerprint density at radius 1 is 1.40 bits per heavy atom. The minimum absolute atomic E-state index is 0.0169. The maximum Gasteiger partial charge on any atom is 0.220 e. The molecule has 0 aromatic rings. The van der Waals surface area contributed by atoms with E-state index in [1.165, 1.54) is 0 Å². The van der Waals surface area contributed by atoms with Gasteiger partial charge in [-0.1, -0.05) is 0 Å². The molecule has 0 aromatic carbocycles. The van der Waals surface area contributed by atoms with Crippen LogP contribution in [0.1, 0.15) is 6.42 Å². The zero-order valence-electron chi connectivity index (χ0n) is 8.75. The zero-order valence-corrected chi connectivity index (χ0v) is 9.56. The topological polar surface area (TPSA) is 87.3 Å². The molecule has 0 radical (unpaired) electrons. The van der Waals surface area contributed by atoms with Crippen LogP contribution in [-0.4, -0.2) is 46.8 Å². The molecule has 1 heterocycles. The van der Waals surface area contributed by atoms with Crippen molar-refractivity contribution in [3.8, 4) is 0 Å². The van der Waals surface area contributed by atoms with E-state index >= 15 is 0 Å². The maximum atomic E-state index is 11.3. The largest absolute Gasteiger partial charge is 0.355 e. The van der Waals surface area contributed by atoms with Gasteiger partial charge in [0.15, 0.2) is 0 Å². The van der Waals surface area contributed by atoms with Crippen molar-refractivity contribution >= 4 is 15.9 Å². The summed E-state index contributed by atoms with van der Waals surface area (Å²) in [6.07, 6.45) is 1.61. The molecule has 7 heteroatoms. The van der Waals surface area contributed by atoms with E-state index < -0.39 is 10.0 Å². The minimum Gasteiger partial charge on any atom is -0.355 e. The van der Waals surface area contributed by atoms with Gasteiger partial charge in [0.2, 0.25) is 15.9 Å². The highest BCUT2D eigenvalue weighted by molar-refractivity contribution is 7.88. The van der Waals surface area contributed by atoms with Crippen LogP contribution in [0.2, 0.25) is 0 Å². The smallest absolute Gasteiger partial charge is 0.220 e. The fraction of sp³-hybridized carbons (Fsp3) is 0.875. The molecule has 1 aliphatic rings. The Balaban J connectivity index is 2.01. The molecule has 3 N–H and O–H groups in total. The standard InChI is InChI=1S/C8H17N3O3S/c1-15(13,14)11-3-2-10-8(12)4-7-5-9-6-7/h7,9,11H,2-6H2,1H3,(H,10,12). The van der Waals surface area contributed by atoms with Gasteiger partial charge in [-0.05, 0) is 19.0 Å². The fourth-order valence-electron chi connectivity index (χ4n) is 1.27. The average molecular weight is 235 g/mol. The van der Waals surface area contributed by atoms with Gasteiger partial charge in [0.25, 0.3) is 0 Å². The molecule has 0 spiro atoms. The fourth-order valence-corrected chi connectivity index (χ4v) is 1.74. The molecule has 0 atom stereocenters. The Morgan fingerprint density at radius 3 is 2.53 bits per heavy atom. The first-order valence-electron chi connectivity index (χ1n) is 4.89. The van der Waals surface area contributed by atoms with Gasteiger partial charge in [0.05, 0.1) is 6.26 Å². The number of nitrogens with one attached hydrogen (secondary N) is 3. The number of hydrogen-bond donors (Lipinski definition) is 3. The van der Waals surface area contributed by atoms with Crippen molar-refractivity contribution in [2.45, 2.75) is 6.42 Å². The zero-order chi connectivity index (χ0) is 11.3. The Hall–Kier alpha value is -0.660. The minimum atomic E-state index is -3.15. The lowest BCUT2D eigenvalue weighted by Crippen LogP contribution is -2.45. The van der Waals surface area contributed by atoms with Gasteiger partial charge in [-0.2, -0.15) is 0 Å². The van der Waals surface area contributed by atoms with Crippen molar-refractivity contribution < 1.29 is 13.2 Å². The number of amides is 1. The molecular weight excluding hydrogens is 218 g/mol. The molecule has 1 aliphatic heterocycles. The third-order valence-corrected chi connectivity index (χ3v) is 2.88. The van der Waals surface area contributed by atoms with Crippen molar-refractivity contribution in [2.75, 3.05) is 32.4 Å². The molecule has 0 aliphatic carbocycles. The number of sulfonamides is 1. The summed E-state index contributed by atoms with van der Waals surface area (Å²) in [5.41, 5.74) is 0. The van der Waals surface area contributed by atoms with Gasteiger partial charge in [-0.3, -0.25) is 4.79 Å². The van der Waals surface area contributed by atoms with Gasteiger partial charge in [-0.15, -0.1) is 0 Å². The van der Waals surface area contributed by atoms with Crippen LogP contribution >= 0.6 is 0 Å². The Kier molecular flexibility index (Phi) is 4.49. The van der Waals surface area contributed by atoms with E-state index in [-0.39, 0.29) is 12.5 Å². The third-order valence-electron chi connectivity index (χ3n) is 2.15. The molecule has 88 valence electrons. The number of carbonyl (C=O) groups excluding carboxylic acids is 1. The summed E-state index contributed by atoms with van der Waals surface area (Å²) in [6, 6.07) is 0. The first kappa shape index (κ1) is 12.4. The lowest BCUT2D eigenvalue weighted by molar-refractivity contribution is -0.122. The Bertz CT molecular complexity index is 311. The molecule has 6 nitrogen and oxygen atoms in total. The number of hydrogen-bond acceptors (Lipinski definition) is 4. The van der Waals surface area contributed by atoms with Crippen LogP contribution in [0.3, 0.4) is 0 Å². The van der Waals surface area contributed by atoms with Gasteiger partial charge < -0.3 is 10.6 Å². The van der Waals surface area contributed by atoms with Crippen LogP contribution in [0.4, 0.5) is 0 Å². The van der Waals surface area contributed by atoms with Crippen molar-refractivity contribution in [1.29, 1.82) is 0 Å². The van der Waals surface area contributed by atoms with Gasteiger partial charge >= 0.3 is 0 Å². The molecule has 15 heavy (non-hydrogen) atoms. The first-order valence-corrected chi connectivity index (χ1v) is 6.78. The van der Waals surface area contributed by atoms with Crippen LogP contribution in [0.5, 0.6) is 0 Å². The summed E-state index contributed by atoms with van der Waals surface area (Å²) >= 11 is 0. The second-order valence-electron chi connectivity index (χ2n) is 3.74. The molecule has 1 saturated heterocycles. The third kappa shape index (κ3) is 5.71. The van der Waals surface area contributed by atoms with E-state index in [0.29, 0.717) is 18.9 Å². The monoisotopic (exact) mass is 235 g/mol. The Labute approximate surface area is 89.9 Å². The molecule has 1 fully saturated rings. The lowest BCUT2D eigenvalue weighted by atomic mass is 9.99. The van der Waals surface area contributed by atoms with Crippen molar-refractivity contribution in [2.24, 2.45) is 5.92 Å². The van der Waals surface area contributed by atoms with Crippen molar-refractivity contribution in [3.05, 3.63) is 0 Å². The normalized spacial score (nSPS) is 17.1. The van der Waals surface area contributed by atoms with E-state index in [4.69, 9.17) is 0 Å². The van der Waals surface area contributed by atoms with E-state index in [0.717, 1.165) is 19.3 Å². The predicted molar refractivity (Wildman–Crippen MR) is 56.8 cm³/mol. The summed E-state index contributed by atoms with van der Waals surface area (Å²) in [7, 11) is -3.15. The van der Waals surface area contributed by atoms with Crippen LogP contribution in [-0.2, 0) is 14.8 Å². The van der Waals surface area contributed by atoms with Crippen LogP contribution in [0, 0.1) is 5.92 Å². The number of rotatable bonds is 6. The second-order valence-corrected chi connectivity index (χ2v) is 5.58. The van der Waals surface area contributed by atoms with Crippen LogP contribution < -0.4 is 15.4 Å². The van der Waals surface area contributed by atoms with Gasteiger partial charge in [-0.25, -0.2) is 13.1 Å². The van der Waals surface area contributed by atoms with Crippen LogP contribution in [0.25, 0.3) is 0 Å². The molecule has 0 saturated carbocycles. The lowest BCUT2D eigenvalue weighted by Gasteiger charge is -2.26. The molecule has 0 bridgehead atoms. The molecule has 1 rings (SSSR count). The molecule has 0 aromatic heterocycles. The highest BCUT2D eigenvalue weighted by Crippen LogP contribution is 2.06. The average Bonchev–Trinajstić information content (AvgIpc) is 2.04. The number of carbonyl (C=O) groups is 1. The maximum absolute atomic E-state index is 11.3.